The highest BCUT2D eigenvalue weighted by atomic mass is 32.2. The number of oxime groups is 2. The predicted molar refractivity (Wildman–Crippen MR) is 183 cm³/mol. The number of benzene rings is 4. The van der Waals surface area contributed by atoms with Crippen LogP contribution in [-0.4, -0.2) is 53.8 Å². The molecule has 0 spiro atoms. The van der Waals surface area contributed by atoms with Gasteiger partial charge in [-0.05, 0) is 84.9 Å². The van der Waals surface area contributed by atoms with E-state index in [4.69, 9.17) is 9.47 Å². The van der Waals surface area contributed by atoms with Gasteiger partial charge in [0.25, 0.3) is 0 Å². The van der Waals surface area contributed by atoms with Gasteiger partial charge >= 0.3 is 57.3 Å². The van der Waals surface area contributed by atoms with Crippen molar-refractivity contribution < 1.29 is 114 Å². The lowest BCUT2D eigenvalue weighted by molar-refractivity contribution is -0.145. The molecule has 4 aromatic rings. The minimum absolute atomic E-state index is 0.0391. The first-order chi connectivity index (χ1) is 29.5. The summed E-state index contributed by atoms with van der Waals surface area (Å²) >= 11 is 0. The van der Waals surface area contributed by atoms with Gasteiger partial charge in [-0.25, -0.2) is 0 Å². The summed E-state index contributed by atoms with van der Waals surface area (Å²) in [5.74, 6) is -0.289. The molecule has 10 nitrogen and oxygen atoms in total. The molecule has 0 unspecified atom stereocenters. The van der Waals surface area contributed by atoms with Crippen LogP contribution in [0.2, 0.25) is 0 Å². The molecule has 0 heterocycles. The molecule has 0 aliphatic carbocycles. The summed E-state index contributed by atoms with van der Waals surface area (Å²) in [5.41, 5.74) is -14.5. The summed E-state index contributed by atoms with van der Waals surface area (Å²) in [6.07, 6.45) is -33.2. The molecular formula is C35H20F18N2O8S2. The normalized spacial score (nSPS) is 14.0. The van der Waals surface area contributed by atoms with Gasteiger partial charge in [0.2, 0.25) is 0 Å². The fraction of sp³-hybridized carbons (Fsp3) is 0.257. The maximum atomic E-state index is 13.8. The Hall–Kier alpha value is -5.94. The Balaban J connectivity index is 1.39. The first-order valence-corrected chi connectivity index (χ1v) is 19.5. The van der Waals surface area contributed by atoms with Crippen LogP contribution < -0.4 is 9.47 Å². The zero-order chi connectivity index (χ0) is 49.2. The molecule has 0 bridgehead atoms. The first-order valence-electron chi connectivity index (χ1n) is 16.7. The summed E-state index contributed by atoms with van der Waals surface area (Å²) in [6, 6.07) is 4.07. The van der Waals surface area contributed by atoms with Crippen LogP contribution in [0.5, 0.6) is 11.5 Å². The summed E-state index contributed by atoms with van der Waals surface area (Å²) in [5, 5.41) is 4.89. The molecule has 4 aromatic carbocycles. The smallest absolute Gasteiger partial charge is 0.437 e. The zero-order valence-electron chi connectivity index (χ0n) is 31.0. The van der Waals surface area contributed by atoms with E-state index in [-0.39, 0.29) is 55.4 Å². The SMILES string of the molecule is O=S(=O)(ON=C(c1ccc(OCCCOc2ccc(C(=NOS(=O)(=O)c3cc(C(F)(F)F)cc(C(F)(F)F)c3)C(F)(F)F)cc2)cc1)C(F)(F)F)c1cc(C(F)(F)F)cc(C(F)(F)F)c1. The molecule has 0 aromatic heterocycles. The second-order valence-electron chi connectivity index (χ2n) is 12.5. The third-order valence-corrected chi connectivity index (χ3v) is 9.94. The molecule has 0 amide bonds. The highest BCUT2D eigenvalue weighted by Gasteiger charge is 2.43. The van der Waals surface area contributed by atoms with E-state index in [0.717, 1.165) is 24.3 Å². The Kier molecular flexibility index (Phi) is 14.7. The van der Waals surface area contributed by atoms with Gasteiger partial charge in [-0.1, -0.05) is 10.3 Å². The topological polar surface area (TPSA) is 130 Å². The minimum atomic E-state index is -5.83. The Morgan fingerprint density at radius 3 is 0.908 bits per heavy atom. The third kappa shape index (κ3) is 14.0. The van der Waals surface area contributed by atoms with Crippen molar-refractivity contribution in [2.45, 2.75) is 53.3 Å². The van der Waals surface area contributed by atoms with Crippen molar-refractivity contribution in [1.29, 1.82) is 0 Å². The van der Waals surface area contributed by atoms with Gasteiger partial charge in [0.1, 0.15) is 21.3 Å². The maximum Gasteiger partial charge on any atom is 0.437 e. The van der Waals surface area contributed by atoms with Crippen LogP contribution in [0.3, 0.4) is 0 Å². The van der Waals surface area contributed by atoms with Gasteiger partial charge in [0.15, 0.2) is 11.4 Å². The Bertz CT molecular complexity index is 2370. The molecule has 0 radical (unpaired) electrons. The summed E-state index contributed by atoms with van der Waals surface area (Å²) in [4.78, 5) is -3.65. The quantitative estimate of drug-likeness (QED) is 0.0528. The van der Waals surface area contributed by atoms with Crippen LogP contribution in [0.4, 0.5) is 79.0 Å². The van der Waals surface area contributed by atoms with Crippen LogP contribution in [0.1, 0.15) is 39.8 Å². The zero-order valence-corrected chi connectivity index (χ0v) is 32.6. The van der Waals surface area contributed by atoms with E-state index < -0.39 is 124 Å². The molecule has 0 aliphatic rings. The standard InChI is InChI=1S/C35H20F18N2O8S2/c36-30(37,38)20-12-21(31(39,40)41)15-26(14-20)64(56,57)62-54-28(34(48,49)50)18-2-6-24(7-3-18)60-10-1-11-61-25-8-4-19(5-9-25)29(35(51,52)53)55-63-65(58,59)27-16-22(32(42,43)44)13-23(17-27)33(45,46)47/h2-9,12-17H,1,10-11H2. The molecule has 0 saturated heterocycles. The van der Waals surface area contributed by atoms with Gasteiger partial charge < -0.3 is 9.47 Å². The number of alkyl halides is 18. The molecule has 4 rings (SSSR count). The number of rotatable bonds is 14. The van der Waals surface area contributed by atoms with E-state index >= 15 is 0 Å². The molecule has 0 saturated carbocycles. The molecule has 65 heavy (non-hydrogen) atoms. The Morgan fingerprint density at radius 1 is 0.415 bits per heavy atom. The molecule has 0 atom stereocenters. The lowest BCUT2D eigenvalue weighted by Crippen LogP contribution is -2.25. The first kappa shape index (κ1) is 51.7. The van der Waals surface area contributed by atoms with Crippen molar-refractivity contribution in [3.8, 4) is 11.5 Å². The molecule has 30 heteroatoms. The third-order valence-electron chi connectivity index (χ3n) is 7.77. The van der Waals surface area contributed by atoms with Crippen LogP contribution in [0.15, 0.2) is 105 Å². The van der Waals surface area contributed by atoms with E-state index in [1.807, 2.05) is 0 Å². The van der Waals surface area contributed by atoms with Crippen molar-refractivity contribution in [3.63, 3.8) is 0 Å². The summed E-state index contributed by atoms with van der Waals surface area (Å²) in [7, 11) is -11.7. The van der Waals surface area contributed by atoms with Gasteiger partial charge in [0.05, 0.1) is 35.5 Å². The van der Waals surface area contributed by atoms with E-state index in [1.165, 1.54) is 0 Å². The minimum Gasteiger partial charge on any atom is -0.493 e. The monoisotopic (exact) mass is 1000 g/mol. The van der Waals surface area contributed by atoms with E-state index in [1.54, 1.807) is 0 Å². The lowest BCUT2D eigenvalue weighted by Gasteiger charge is -2.14. The second kappa shape index (κ2) is 18.5. The number of hydrogen-bond acceptors (Lipinski definition) is 10. The van der Waals surface area contributed by atoms with Crippen molar-refractivity contribution in [2.75, 3.05) is 13.2 Å². The number of hydrogen-bond donors (Lipinski definition) is 0. The largest absolute Gasteiger partial charge is 0.493 e. The van der Waals surface area contributed by atoms with Crippen molar-refractivity contribution in [1.82, 2.24) is 0 Å². The van der Waals surface area contributed by atoms with Crippen LogP contribution >= 0.6 is 0 Å². The number of halogens is 18. The van der Waals surface area contributed by atoms with Crippen molar-refractivity contribution >= 4 is 31.7 Å². The average molecular weight is 1000 g/mol. The molecule has 0 aliphatic heterocycles. The maximum absolute atomic E-state index is 13.8. The Morgan fingerprint density at radius 2 is 0.677 bits per heavy atom. The van der Waals surface area contributed by atoms with E-state index in [9.17, 15) is 95.9 Å². The van der Waals surface area contributed by atoms with E-state index in [0.29, 0.717) is 24.3 Å². The van der Waals surface area contributed by atoms with Crippen LogP contribution in [-0.2, 0) is 53.5 Å². The van der Waals surface area contributed by atoms with Gasteiger partial charge in [-0.3, -0.25) is 8.57 Å². The molecule has 0 fully saturated rings. The van der Waals surface area contributed by atoms with Crippen molar-refractivity contribution in [2.24, 2.45) is 10.3 Å². The predicted octanol–water partition coefficient (Wildman–Crippen LogP) is 11.0. The van der Waals surface area contributed by atoms with Gasteiger partial charge in [-0.15, -0.1) is 0 Å². The van der Waals surface area contributed by atoms with Gasteiger partial charge in [-0.2, -0.15) is 95.9 Å². The van der Waals surface area contributed by atoms with Crippen molar-refractivity contribution in [3.05, 3.63) is 118 Å². The molecule has 0 N–H and O–H groups in total. The second-order valence-corrected chi connectivity index (χ2v) is 15.6. The summed E-state index contributed by atoms with van der Waals surface area (Å²) < 4.78 is 309. The van der Waals surface area contributed by atoms with Crippen LogP contribution in [0.25, 0.3) is 0 Å². The Labute approximate surface area is 351 Å². The molecular weight excluding hydrogens is 982 g/mol. The van der Waals surface area contributed by atoms with Gasteiger partial charge in [0, 0.05) is 17.5 Å². The summed E-state index contributed by atoms with van der Waals surface area (Å²) in [6.45, 7) is -0.522. The van der Waals surface area contributed by atoms with Crippen LogP contribution in [0, 0.1) is 0 Å². The highest BCUT2D eigenvalue weighted by molar-refractivity contribution is 7.87. The highest BCUT2D eigenvalue weighted by Crippen LogP contribution is 2.40. The number of nitrogens with zero attached hydrogens (tertiary/aromatic N) is 2. The molecule has 356 valence electrons. The lowest BCUT2D eigenvalue weighted by atomic mass is 10.1. The van der Waals surface area contributed by atoms with E-state index in [2.05, 4.69) is 18.9 Å². The fourth-order valence-electron chi connectivity index (χ4n) is 4.79. The number of ether oxygens (including phenoxy) is 2. The average Bonchev–Trinajstić information content (AvgIpc) is 3.16. The fourth-order valence-corrected chi connectivity index (χ4v) is 6.40.